The van der Waals surface area contributed by atoms with Crippen LogP contribution < -0.4 is 14.4 Å². The van der Waals surface area contributed by atoms with Crippen LogP contribution in [0, 0.1) is 0 Å². The number of hydrogen-bond donors (Lipinski definition) is 0. The number of methoxy groups -OCH3 is 2. The summed E-state index contributed by atoms with van der Waals surface area (Å²) in [5.74, 6) is 0.000337. The van der Waals surface area contributed by atoms with E-state index in [9.17, 15) is 9.59 Å². The van der Waals surface area contributed by atoms with Crippen molar-refractivity contribution in [1.29, 1.82) is 0 Å². The number of ether oxygens (including phenoxy) is 3. The van der Waals surface area contributed by atoms with Gasteiger partial charge < -0.3 is 14.2 Å². The number of cyclic esters (lactones) is 1. The second-order valence-electron chi connectivity index (χ2n) is 6.48. The van der Waals surface area contributed by atoms with Gasteiger partial charge in [0, 0.05) is 22.9 Å². The minimum Gasteiger partial charge on any atom is -0.493 e. The molecule has 0 aromatic heterocycles. The fourth-order valence-electron chi connectivity index (χ4n) is 3.82. The predicted octanol–water partition coefficient (Wildman–Crippen LogP) is 3.69. The van der Waals surface area contributed by atoms with Crippen molar-refractivity contribution in [2.75, 3.05) is 25.7 Å². The molecule has 7 heteroatoms. The van der Waals surface area contributed by atoms with Crippen LogP contribution in [0.4, 0.5) is 5.69 Å². The van der Waals surface area contributed by atoms with Gasteiger partial charge in [-0.3, -0.25) is 9.69 Å². The normalized spacial score (nSPS) is 18.8. The molecule has 2 aromatic rings. The summed E-state index contributed by atoms with van der Waals surface area (Å²) in [5, 5.41) is 0.509. The first kappa shape index (κ1) is 18.4. The summed E-state index contributed by atoms with van der Waals surface area (Å²) in [6.07, 6.45) is 0.101. The molecule has 0 saturated carbocycles. The summed E-state index contributed by atoms with van der Waals surface area (Å²) in [6.45, 7) is 0.0369. The fourth-order valence-corrected chi connectivity index (χ4v) is 4.01. The van der Waals surface area contributed by atoms with Gasteiger partial charge in [-0.05, 0) is 24.3 Å². The molecule has 2 aromatic carbocycles. The molecule has 28 heavy (non-hydrogen) atoms. The van der Waals surface area contributed by atoms with Gasteiger partial charge in [-0.2, -0.15) is 0 Å². The monoisotopic (exact) mass is 399 g/mol. The molecule has 2 aliphatic heterocycles. The Morgan fingerprint density at radius 2 is 1.89 bits per heavy atom. The number of anilines is 1. The number of amides is 1. The highest BCUT2D eigenvalue weighted by Crippen LogP contribution is 2.46. The van der Waals surface area contributed by atoms with Crippen molar-refractivity contribution < 1.29 is 23.8 Å². The summed E-state index contributed by atoms with van der Waals surface area (Å²) in [6, 6.07) is 12.4. The average molecular weight is 400 g/mol. The Kier molecular flexibility index (Phi) is 4.73. The molecule has 1 atom stereocenters. The van der Waals surface area contributed by atoms with Gasteiger partial charge >= 0.3 is 5.97 Å². The third-order valence-corrected chi connectivity index (χ3v) is 5.23. The largest absolute Gasteiger partial charge is 0.493 e. The van der Waals surface area contributed by atoms with Crippen molar-refractivity contribution >= 4 is 29.2 Å². The SMILES string of the molecule is COc1cccc([C@H]2CC(=O)N(c3cccc(Cl)c3)C3=C2C(=O)OC3)c1OC. The second kappa shape index (κ2) is 7.20. The maximum atomic E-state index is 13.1. The molecule has 4 rings (SSSR count). The van der Waals surface area contributed by atoms with E-state index in [1.165, 1.54) is 12.0 Å². The molecule has 0 unspecified atom stereocenters. The lowest BCUT2D eigenvalue weighted by atomic mass is 9.83. The third-order valence-electron chi connectivity index (χ3n) is 4.99. The number of hydrogen-bond acceptors (Lipinski definition) is 5. The van der Waals surface area contributed by atoms with E-state index in [4.69, 9.17) is 25.8 Å². The minimum absolute atomic E-state index is 0.0369. The maximum Gasteiger partial charge on any atom is 0.336 e. The Morgan fingerprint density at radius 1 is 1.11 bits per heavy atom. The smallest absolute Gasteiger partial charge is 0.336 e. The van der Waals surface area contributed by atoms with Gasteiger partial charge in [0.15, 0.2) is 11.5 Å². The first-order valence-electron chi connectivity index (χ1n) is 8.74. The Labute approximate surface area is 167 Å². The number of esters is 1. The first-order valence-corrected chi connectivity index (χ1v) is 9.12. The molecule has 144 valence electrons. The summed E-state index contributed by atoms with van der Waals surface area (Å²) in [7, 11) is 3.08. The number of halogens is 1. The van der Waals surface area contributed by atoms with Gasteiger partial charge in [0.2, 0.25) is 5.91 Å². The zero-order valence-corrected chi connectivity index (χ0v) is 16.2. The third kappa shape index (κ3) is 2.90. The lowest BCUT2D eigenvalue weighted by Gasteiger charge is -2.32. The quantitative estimate of drug-likeness (QED) is 0.733. The van der Waals surface area contributed by atoms with Crippen LogP contribution in [0.3, 0.4) is 0 Å². The highest BCUT2D eigenvalue weighted by atomic mass is 35.5. The van der Waals surface area contributed by atoms with E-state index >= 15 is 0 Å². The van der Waals surface area contributed by atoms with Crippen molar-refractivity contribution in [2.45, 2.75) is 12.3 Å². The van der Waals surface area contributed by atoms with Gasteiger partial charge in [-0.25, -0.2) is 4.79 Å². The molecule has 0 saturated heterocycles. The van der Waals surface area contributed by atoms with Crippen LogP contribution in [-0.2, 0) is 14.3 Å². The van der Waals surface area contributed by atoms with Crippen LogP contribution in [0.2, 0.25) is 5.02 Å². The number of nitrogens with zero attached hydrogens (tertiary/aromatic N) is 1. The molecule has 0 aliphatic carbocycles. The molecular formula is C21H18ClNO5. The maximum absolute atomic E-state index is 13.1. The molecular weight excluding hydrogens is 382 g/mol. The summed E-state index contributed by atoms with van der Waals surface area (Å²) < 4.78 is 16.2. The van der Waals surface area contributed by atoms with Gasteiger partial charge in [-0.15, -0.1) is 0 Å². The van der Waals surface area contributed by atoms with E-state index in [-0.39, 0.29) is 18.9 Å². The lowest BCUT2D eigenvalue weighted by molar-refractivity contribution is -0.136. The number of rotatable bonds is 4. The van der Waals surface area contributed by atoms with Crippen molar-refractivity contribution in [3.8, 4) is 11.5 Å². The van der Waals surface area contributed by atoms with Crippen molar-refractivity contribution in [1.82, 2.24) is 0 Å². The number of carbonyl (C=O) groups excluding carboxylic acids is 2. The molecule has 2 heterocycles. The number of benzene rings is 2. The highest BCUT2D eigenvalue weighted by molar-refractivity contribution is 6.31. The Bertz CT molecular complexity index is 1000. The lowest BCUT2D eigenvalue weighted by Crippen LogP contribution is -2.37. The zero-order chi connectivity index (χ0) is 19.8. The predicted molar refractivity (Wildman–Crippen MR) is 104 cm³/mol. The van der Waals surface area contributed by atoms with Crippen molar-refractivity contribution in [3.05, 3.63) is 64.3 Å². The number of para-hydroxylation sites is 1. The standard InChI is InChI=1S/C21H18ClNO5/c1-26-17-8-4-7-14(20(17)27-2)15-10-18(24)23(13-6-3-5-12(22)9-13)16-11-28-21(25)19(15)16/h3-9,15H,10-11H2,1-2H3/t15-/m1/s1. The van der Waals surface area contributed by atoms with Crippen molar-refractivity contribution in [2.24, 2.45) is 0 Å². The Balaban J connectivity index is 1.87. The zero-order valence-electron chi connectivity index (χ0n) is 15.4. The fraction of sp³-hybridized carbons (Fsp3) is 0.238. The Hall–Kier alpha value is -2.99. The molecule has 0 N–H and O–H groups in total. The molecule has 0 fully saturated rings. The molecule has 0 bridgehead atoms. The van der Waals surface area contributed by atoms with E-state index < -0.39 is 11.9 Å². The van der Waals surface area contributed by atoms with Crippen LogP contribution in [-0.4, -0.2) is 32.7 Å². The summed E-state index contributed by atoms with van der Waals surface area (Å²) in [4.78, 5) is 27.2. The van der Waals surface area contributed by atoms with Gasteiger partial charge in [0.1, 0.15) is 6.61 Å². The van der Waals surface area contributed by atoms with E-state index in [0.717, 1.165) is 0 Å². The van der Waals surface area contributed by atoms with E-state index in [0.29, 0.717) is 39.0 Å². The van der Waals surface area contributed by atoms with Crippen LogP contribution in [0.25, 0.3) is 0 Å². The first-order chi connectivity index (χ1) is 13.5. The Morgan fingerprint density at radius 3 is 2.61 bits per heavy atom. The topological polar surface area (TPSA) is 65.1 Å². The highest BCUT2D eigenvalue weighted by Gasteiger charge is 2.44. The summed E-state index contributed by atoms with van der Waals surface area (Å²) in [5.41, 5.74) is 2.33. The molecule has 2 aliphatic rings. The van der Waals surface area contributed by atoms with Gasteiger partial charge in [-0.1, -0.05) is 29.8 Å². The van der Waals surface area contributed by atoms with Crippen LogP contribution in [0.15, 0.2) is 53.7 Å². The van der Waals surface area contributed by atoms with Crippen molar-refractivity contribution in [3.63, 3.8) is 0 Å². The van der Waals surface area contributed by atoms with Gasteiger partial charge in [0.25, 0.3) is 0 Å². The van der Waals surface area contributed by atoms with E-state index in [1.54, 1.807) is 37.4 Å². The van der Waals surface area contributed by atoms with Crippen LogP contribution in [0.1, 0.15) is 17.9 Å². The molecule has 0 spiro atoms. The number of carbonyl (C=O) groups is 2. The van der Waals surface area contributed by atoms with E-state index in [1.807, 2.05) is 12.1 Å². The van der Waals surface area contributed by atoms with Gasteiger partial charge in [0.05, 0.1) is 31.2 Å². The molecule has 1 amide bonds. The van der Waals surface area contributed by atoms with Crippen LogP contribution in [0.5, 0.6) is 11.5 Å². The van der Waals surface area contributed by atoms with E-state index in [2.05, 4.69) is 0 Å². The minimum atomic E-state index is -0.474. The average Bonchev–Trinajstić information content (AvgIpc) is 3.08. The molecule has 0 radical (unpaired) electrons. The molecule has 6 nitrogen and oxygen atoms in total. The van der Waals surface area contributed by atoms with Crippen LogP contribution >= 0.6 is 11.6 Å². The summed E-state index contributed by atoms with van der Waals surface area (Å²) >= 11 is 6.10. The second-order valence-corrected chi connectivity index (χ2v) is 6.92.